The zero-order chi connectivity index (χ0) is 6.91. The summed E-state index contributed by atoms with van der Waals surface area (Å²) in [6.45, 7) is 4.77. The van der Waals surface area contributed by atoms with Gasteiger partial charge in [-0.1, -0.05) is 30.9 Å². The summed E-state index contributed by atoms with van der Waals surface area (Å²) in [6.07, 6.45) is 3.38. The summed E-state index contributed by atoms with van der Waals surface area (Å²) in [4.78, 5) is 0. The smallest absolute Gasteiger partial charge is 0.0714 e. The van der Waals surface area contributed by atoms with Crippen LogP contribution in [0.5, 0.6) is 0 Å². The Morgan fingerprint density at radius 1 is 1.56 bits per heavy atom. The minimum absolute atomic E-state index is 0.352. The van der Waals surface area contributed by atoms with E-state index in [-0.39, 0.29) is 0 Å². The second-order valence-corrected chi connectivity index (χ2v) is 8.36. The summed E-state index contributed by atoms with van der Waals surface area (Å²) in [5.41, 5.74) is 8.05. The van der Waals surface area contributed by atoms with E-state index in [4.69, 9.17) is 5.73 Å². The maximum atomic E-state index is 5.69. The average molecular weight is 141 g/mol. The molecule has 0 amide bonds. The number of nitrogens with two attached hydrogens (primary N) is 1. The van der Waals surface area contributed by atoms with Gasteiger partial charge in [0.05, 0.1) is 8.07 Å². The summed E-state index contributed by atoms with van der Waals surface area (Å²) in [5.74, 6) is 0. The molecular weight excluding hydrogens is 126 g/mol. The van der Waals surface area contributed by atoms with Gasteiger partial charge in [0.15, 0.2) is 0 Å². The Bertz CT molecular complexity index is 129. The molecule has 0 aromatic rings. The van der Waals surface area contributed by atoms with Gasteiger partial charge in [0, 0.05) is 6.04 Å². The van der Waals surface area contributed by atoms with E-state index in [0.29, 0.717) is 6.04 Å². The molecule has 9 heavy (non-hydrogen) atoms. The lowest BCUT2D eigenvalue weighted by Crippen LogP contribution is -2.32. The first-order valence-electron chi connectivity index (χ1n) is 3.55. The topological polar surface area (TPSA) is 26.0 Å². The summed E-state index contributed by atoms with van der Waals surface area (Å²) in [6, 6.07) is 1.72. The van der Waals surface area contributed by atoms with Gasteiger partial charge in [-0.2, -0.15) is 0 Å². The Hall–Kier alpha value is -0.0831. The zero-order valence-corrected chi connectivity index (χ0v) is 7.22. The van der Waals surface area contributed by atoms with Gasteiger partial charge >= 0.3 is 0 Å². The van der Waals surface area contributed by atoms with Crippen LogP contribution in [0.2, 0.25) is 19.1 Å². The van der Waals surface area contributed by atoms with Crippen LogP contribution in [-0.4, -0.2) is 14.1 Å². The fourth-order valence-corrected chi connectivity index (χ4v) is 3.11. The summed E-state index contributed by atoms with van der Waals surface area (Å²) < 4.78 is 0. The Morgan fingerprint density at radius 3 is 2.56 bits per heavy atom. The normalized spacial score (nSPS) is 32.6. The number of hydrogen-bond acceptors (Lipinski definition) is 1. The molecule has 1 nitrogen and oxygen atoms in total. The lowest BCUT2D eigenvalue weighted by Gasteiger charge is -2.24. The largest absolute Gasteiger partial charge is 0.324 e. The van der Waals surface area contributed by atoms with Crippen LogP contribution in [0.25, 0.3) is 0 Å². The first-order valence-corrected chi connectivity index (χ1v) is 6.83. The molecule has 1 aliphatic heterocycles. The van der Waals surface area contributed by atoms with Crippen molar-refractivity contribution >= 4 is 8.07 Å². The lowest BCUT2D eigenvalue weighted by molar-refractivity contribution is 0.762. The molecular formula is C7H15NSi. The van der Waals surface area contributed by atoms with Gasteiger partial charge in [-0.25, -0.2) is 0 Å². The van der Waals surface area contributed by atoms with E-state index in [1.807, 2.05) is 0 Å². The number of hydrogen-bond donors (Lipinski definition) is 1. The van der Waals surface area contributed by atoms with E-state index in [9.17, 15) is 0 Å². The Kier molecular flexibility index (Phi) is 1.77. The highest BCUT2D eigenvalue weighted by atomic mass is 28.3. The monoisotopic (exact) mass is 141 g/mol. The van der Waals surface area contributed by atoms with Crippen LogP contribution in [0.4, 0.5) is 0 Å². The van der Waals surface area contributed by atoms with E-state index in [1.54, 1.807) is 0 Å². The van der Waals surface area contributed by atoms with E-state index in [0.717, 1.165) is 0 Å². The van der Waals surface area contributed by atoms with Crippen LogP contribution in [-0.2, 0) is 0 Å². The molecule has 1 aliphatic rings. The maximum Gasteiger partial charge on any atom is 0.0714 e. The molecule has 2 heteroatoms. The van der Waals surface area contributed by atoms with Gasteiger partial charge in [-0.15, -0.1) is 0 Å². The fourth-order valence-electron chi connectivity index (χ4n) is 1.10. The van der Waals surface area contributed by atoms with Gasteiger partial charge in [0.1, 0.15) is 0 Å². The standard InChI is InChI=1S/C7H15NSi/c1-9(2)5-3-7(8)4-6-9/h3,5,7H,4,6,8H2,1-2H3. The minimum atomic E-state index is -0.893. The van der Waals surface area contributed by atoms with Crippen molar-refractivity contribution in [2.45, 2.75) is 31.6 Å². The van der Waals surface area contributed by atoms with E-state index >= 15 is 0 Å². The van der Waals surface area contributed by atoms with Crippen LogP contribution < -0.4 is 5.73 Å². The molecule has 0 spiro atoms. The van der Waals surface area contributed by atoms with Gasteiger partial charge < -0.3 is 5.73 Å². The van der Waals surface area contributed by atoms with E-state index in [2.05, 4.69) is 24.9 Å². The SMILES string of the molecule is C[Si]1(C)C=CC(N)CC1. The Balaban J connectivity index is 2.58. The fraction of sp³-hybridized carbons (Fsp3) is 0.714. The molecule has 1 rings (SSSR count). The molecule has 0 fully saturated rings. The van der Waals surface area contributed by atoms with Crippen molar-refractivity contribution in [3.8, 4) is 0 Å². The third-order valence-electron chi connectivity index (χ3n) is 1.92. The van der Waals surface area contributed by atoms with Gasteiger partial charge in [0.25, 0.3) is 0 Å². The Labute approximate surface area is 58.0 Å². The van der Waals surface area contributed by atoms with Crippen molar-refractivity contribution in [3.63, 3.8) is 0 Å². The molecule has 0 saturated carbocycles. The van der Waals surface area contributed by atoms with Crippen molar-refractivity contribution in [2.24, 2.45) is 5.73 Å². The highest BCUT2D eigenvalue weighted by Crippen LogP contribution is 2.19. The maximum absolute atomic E-state index is 5.69. The molecule has 0 radical (unpaired) electrons. The highest BCUT2D eigenvalue weighted by molar-refractivity contribution is 6.82. The molecule has 0 aliphatic carbocycles. The van der Waals surface area contributed by atoms with Crippen LogP contribution in [0.15, 0.2) is 11.8 Å². The molecule has 52 valence electrons. The molecule has 1 heterocycles. The molecule has 2 N–H and O–H groups in total. The number of rotatable bonds is 0. The van der Waals surface area contributed by atoms with E-state index < -0.39 is 8.07 Å². The van der Waals surface area contributed by atoms with Crippen molar-refractivity contribution in [3.05, 3.63) is 11.8 Å². The summed E-state index contributed by atoms with van der Waals surface area (Å²) in [7, 11) is -0.893. The van der Waals surface area contributed by atoms with Gasteiger partial charge in [-0.3, -0.25) is 0 Å². The predicted octanol–water partition coefficient (Wildman–Crippen LogP) is 1.52. The van der Waals surface area contributed by atoms with E-state index in [1.165, 1.54) is 12.5 Å². The third-order valence-corrected chi connectivity index (χ3v) is 4.59. The van der Waals surface area contributed by atoms with Crippen LogP contribution >= 0.6 is 0 Å². The van der Waals surface area contributed by atoms with Crippen molar-refractivity contribution in [2.75, 3.05) is 0 Å². The quantitative estimate of drug-likeness (QED) is 0.509. The second kappa shape index (κ2) is 2.27. The molecule has 1 atom stereocenters. The second-order valence-electron chi connectivity index (χ2n) is 3.55. The Morgan fingerprint density at radius 2 is 2.22 bits per heavy atom. The van der Waals surface area contributed by atoms with Crippen molar-refractivity contribution < 1.29 is 0 Å². The summed E-state index contributed by atoms with van der Waals surface area (Å²) in [5, 5.41) is 0. The highest BCUT2D eigenvalue weighted by Gasteiger charge is 2.21. The minimum Gasteiger partial charge on any atom is -0.324 e. The predicted molar refractivity (Wildman–Crippen MR) is 44.0 cm³/mol. The van der Waals surface area contributed by atoms with Crippen molar-refractivity contribution in [1.82, 2.24) is 0 Å². The van der Waals surface area contributed by atoms with Gasteiger partial charge in [-0.05, 0) is 6.42 Å². The van der Waals surface area contributed by atoms with Crippen LogP contribution in [0.1, 0.15) is 6.42 Å². The first kappa shape index (κ1) is 7.03. The third kappa shape index (κ3) is 1.95. The molecule has 0 saturated heterocycles. The summed E-state index contributed by atoms with van der Waals surface area (Å²) >= 11 is 0. The molecule has 0 bridgehead atoms. The molecule has 0 aromatic carbocycles. The zero-order valence-electron chi connectivity index (χ0n) is 6.22. The van der Waals surface area contributed by atoms with Crippen LogP contribution in [0.3, 0.4) is 0 Å². The lowest BCUT2D eigenvalue weighted by atomic mass is 10.2. The van der Waals surface area contributed by atoms with Crippen molar-refractivity contribution in [1.29, 1.82) is 0 Å². The molecule has 1 unspecified atom stereocenters. The molecule has 0 aromatic heterocycles. The first-order chi connectivity index (χ1) is 4.10. The van der Waals surface area contributed by atoms with Gasteiger partial charge in [0.2, 0.25) is 0 Å². The van der Waals surface area contributed by atoms with Crippen LogP contribution in [0, 0.1) is 0 Å². The average Bonchev–Trinajstić information content (AvgIpc) is 1.78.